The Kier molecular flexibility index (Phi) is 4.58. The van der Waals surface area contributed by atoms with Crippen LogP contribution in [0.4, 0.5) is 0 Å². The van der Waals surface area contributed by atoms with Crippen molar-refractivity contribution in [2.45, 2.75) is 51.1 Å². The van der Waals surface area contributed by atoms with E-state index < -0.39 is 0 Å². The maximum Gasteiger partial charge on any atom is 0.104 e. The molecule has 0 amide bonds. The fraction of sp³-hybridized carbons (Fsp3) is 1.00. The van der Waals surface area contributed by atoms with E-state index in [-0.39, 0.29) is 12.2 Å². The van der Waals surface area contributed by atoms with Gasteiger partial charge in [-0.3, -0.25) is 0 Å². The van der Waals surface area contributed by atoms with Crippen LogP contribution in [0.15, 0.2) is 0 Å². The van der Waals surface area contributed by atoms with Gasteiger partial charge in [0.25, 0.3) is 0 Å². The molecule has 4 heteroatoms. The van der Waals surface area contributed by atoms with E-state index in [1.54, 1.807) is 0 Å². The number of epoxide rings is 2. The van der Waals surface area contributed by atoms with Gasteiger partial charge in [0.15, 0.2) is 0 Å². The molecule has 0 aromatic carbocycles. The third-order valence-corrected chi connectivity index (χ3v) is 2.94. The van der Waals surface area contributed by atoms with Crippen molar-refractivity contribution in [1.82, 2.24) is 0 Å². The summed E-state index contributed by atoms with van der Waals surface area (Å²) >= 11 is 0. The van der Waals surface area contributed by atoms with E-state index in [2.05, 4.69) is 13.8 Å². The highest BCUT2D eigenvalue weighted by Gasteiger charge is 2.28. The summed E-state index contributed by atoms with van der Waals surface area (Å²) in [6.45, 7) is 7.35. The van der Waals surface area contributed by atoms with E-state index in [0.717, 1.165) is 26.1 Å². The molecule has 0 aromatic heterocycles. The Morgan fingerprint density at radius 1 is 1.12 bits per heavy atom. The molecule has 0 aliphatic carbocycles. The lowest BCUT2D eigenvalue weighted by atomic mass is 10.1. The number of ether oxygens (including phenoxy) is 4. The van der Waals surface area contributed by atoms with Crippen LogP contribution in [-0.4, -0.2) is 50.8 Å². The van der Waals surface area contributed by atoms with Crippen LogP contribution in [0.2, 0.25) is 0 Å². The van der Waals surface area contributed by atoms with Crippen LogP contribution in [0.3, 0.4) is 0 Å². The molecule has 2 saturated heterocycles. The van der Waals surface area contributed by atoms with Gasteiger partial charge in [-0.25, -0.2) is 0 Å². The van der Waals surface area contributed by atoms with Crippen molar-refractivity contribution in [1.29, 1.82) is 0 Å². The van der Waals surface area contributed by atoms with Gasteiger partial charge in [0.05, 0.1) is 38.6 Å². The average Bonchev–Trinajstić information content (AvgIpc) is 3.15. The fourth-order valence-corrected chi connectivity index (χ4v) is 1.66. The van der Waals surface area contributed by atoms with Crippen molar-refractivity contribution in [3.8, 4) is 0 Å². The Morgan fingerprint density at radius 3 is 2.19 bits per heavy atom. The summed E-state index contributed by atoms with van der Waals surface area (Å²) in [6, 6.07) is 0. The maximum absolute atomic E-state index is 5.83. The number of hydrogen-bond donors (Lipinski definition) is 0. The van der Waals surface area contributed by atoms with Gasteiger partial charge < -0.3 is 18.9 Å². The van der Waals surface area contributed by atoms with Crippen LogP contribution in [0.5, 0.6) is 0 Å². The molecular formula is C12H22O4. The van der Waals surface area contributed by atoms with Crippen LogP contribution < -0.4 is 0 Å². The molecular weight excluding hydrogens is 208 g/mol. The third-order valence-electron chi connectivity index (χ3n) is 2.94. The van der Waals surface area contributed by atoms with E-state index >= 15 is 0 Å². The zero-order valence-electron chi connectivity index (χ0n) is 10.2. The third kappa shape index (κ3) is 4.37. The minimum absolute atomic E-state index is 0.142. The van der Waals surface area contributed by atoms with Crippen molar-refractivity contribution >= 4 is 0 Å². The van der Waals surface area contributed by atoms with Crippen LogP contribution in [-0.2, 0) is 18.9 Å². The smallest absolute Gasteiger partial charge is 0.104 e. The number of hydrogen-bond acceptors (Lipinski definition) is 4. The largest absolute Gasteiger partial charge is 0.373 e. The average molecular weight is 230 g/mol. The zero-order chi connectivity index (χ0) is 11.4. The maximum atomic E-state index is 5.83. The van der Waals surface area contributed by atoms with Crippen molar-refractivity contribution in [2.24, 2.45) is 0 Å². The van der Waals surface area contributed by atoms with Crippen LogP contribution in [0.1, 0.15) is 26.7 Å². The van der Waals surface area contributed by atoms with Crippen molar-refractivity contribution in [3.63, 3.8) is 0 Å². The molecule has 2 fully saturated rings. The standard InChI is InChI=1S/C12H22O4/c1-3-4-12(16-8-11-7-15-11)9(2)13-5-10-6-14-10/h9-12H,3-8H2,1-2H3. The van der Waals surface area contributed by atoms with Gasteiger partial charge in [-0.1, -0.05) is 13.3 Å². The highest BCUT2D eigenvalue weighted by atomic mass is 16.6. The monoisotopic (exact) mass is 230 g/mol. The van der Waals surface area contributed by atoms with Crippen molar-refractivity contribution in [2.75, 3.05) is 26.4 Å². The summed E-state index contributed by atoms with van der Waals surface area (Å²) in [4.78, 5) is 0. The summed E-state index contributed by atoms with van der Waals surface area (Å²) in [5.74, 6) is 0. The first-order valence-corrected chi connectivity index (χ1v) is 6.26. The van der Waals surface area contributed by atoms with Crippen LogP contribution in [0.25, 0.3) is 0 Å². The minimum Gasteiger partial charge on any atom is -0.373 e. The summed E-state index contributed by atoms with van der Waals surface area (Å²) in [5, 5.41) is 0. The molecule has 4 nitrogen and oxygen atoms in total. The Morgan fingerprint density at radius 2 is 1.69 bits per heavy atom. The summed E-state index contributed by atoms with van der Waals surface area (Å²) in [6.07, 6.45) is 3.15. The molecule has 0 bridgehead atoms. The lowest BCUT2D eigenvalue weighted by Gasteiger charge is -2.23. The zero-order valence-corrected chi connectivity index (χ0v) is 10.2. The predicted octanol–water partition coefficient (Wildman–Crippen LogP) is 1.37. The molecule has 4 unspecified atom stereocenters. The van der Waals surface area contributed by atoms with Gasteiger partial charge in [0, 0.05) is 0 Å². The number of rotatable bonds is 9. The van der Waals surface area contributed by atoms with E-state index in [9.17, 15) is 0 Å². The van der Waals surface area contributed by atoms with Gasteiger partial charge in [-0.05, 0) is 13.3 Å². The predicted molar refractivity (Wildman–Crippen MR) is 59.5 cm³/mol. The Hall–Kier alpha value is -0.160. The molecule has 16 heavy (non-hydrogen) atoms. The van der Waals surface area contributed by atoms with Gasteiger partial charge in [0.2, 0.25) is 0 Å². The van der Waals surface area contributed by atoms with Crippen LogP contribution in [0, 0.1) is 0 Å². The molecule has 0 radical (unpaired) electrons. The lowest BCUT2D eigenvalue weighted by molar-refractivity contribution is -0.0740. The quantitative estimate of drug-likeness (QED) is 0.561. The van der Waals surface area contributed by atoms with Crippen LogP contribution >= 0.6 is 0 Å². The topological polar surface area (TPSA) is 43.5 Å². The molecule has 0 spiro atoms. The summed E-state index contributed by atoms with van der Waals surface area (Å²) < 4.78 is 21.8. The SMILES string of the molecule is CCCC(OCC1CO1)C(C)OCC1CO1. The Bertz CT molecular complexity index is 201. The Balaban J connectivity index is 1.64. The van der Waals surface area contributed by atoms with Gasteiger partial charge in [-0.2, -0.15) is 0 Å². The molecule has 94 valence electrons. The molecule has 0 saturated carbocycles. The highest BCUT2D eigenvalue weighted by Crippen LogP contribution is 2.17. The van der Waals surface area contributed by atoms with Gasteiger partial charge in [-0.15, -0.1) is 0 Å². The van der Waals surface area contributed by atoms with Crippen molar-refractivity contribution < 1.29 is 18.9 Å². The Labute approximate surface area is 97.2 Å². The molecule has 0 N–H and O–H groups in total. The first-order valence-electron chi connectivity index (χ1n) is 6.26. The normalized spacial score (nSPS) is 31.1. The van der Waals surface area contributed by atoms with E-state index in [1.165, 1.54) is 0 Å². The first kappa shape index (κ1) is 12.3. The second kappa shape index (κ2) is 5.96. The van der Waals surface area contributed by atoms with E-state index in [1.807, 2.05) is 0 Å². The van der Waals surface area contributed by atoms with E-state index in [4.69, 9.17) is 18.9 Å². The fourth-order valence-electron chi connectivity index (χ4n) is 1.66. The molecule has 2 aliphatic rings. The molecule has 4 atom stereocenters. The molecule has 2 rings (SSSR count). The highest BCUT2D eigenvalue weighted by molar-refractivity contribution is 4.74. The molecule has 0 aromatic rings. The lowest BCUT2D eigenvalue weighted by Crippen LogP contribution is -2.31. The first-order chi connectivity index (χ1) is 7.79. The second-order valence-corrected chi connectivity index (χ2v) is 4.61. The molecule has 2 aliphatic heterocycles. The minimum atomic E-state index is 0.142. The van der Waals surface area contributed by atoms with Gasteiger partial charge in [0.1, 0.15) is 12.2 Å². The molecule has 2 heterocycles. The second-order valence-electron chi connectivity index (χ2n) is 4.61. The van der Waals surface area contributed by atoms with Crippen molar-refractivity contribution in [3.05, 3.63) is 0 Å². The summed E-state index contributed by atoms with van der Waals surface area (Å²) in [5.41, 5.74) is 0. The van der Waals surface area contributed by atoms with Gasteiger partial charge >= 0.3 is 0 Å². The van der Waals surface area contributed by atoms with E-state index in [0.29, 0.717) is 25.4 Å². The summed E-state index contributed by atoms with van der Waals surface area (Å²) in [7, 11) is 0.